The molecule has 2 aromatic rings. The fourth-order valence-electron chi connectivity index (χ4n) is 4.76. The van der Waals surface area contributed by atoms with Crippen LogP contribution in [0.25, 0.3) is 0 Å². The van der Waals surface area contributed by atoms with Crippen molar-refractivity contribution >= 4 is 5.78 Å². The molecule has 1 aliphatic carbocycles. The molecule has 4 rings (SSSR count). The number of rotatable bonds is 8. The van der Waals surface area contributed by atoms with Crippen molar-refractivity contribution < 1.29 is 22.7 Å². The largest absolute Gasteiger partial charge is 0.416 e. The number of ketones is 1. The summed E-state index contributed by atoms with van der Waals surface area (Å²) < 4.78 is 46.0. The van der Waals surface area contributed by atoms with Gasteiger partial charge in [-0.3, -0.25) is 4.79 Å². The number of carbonyl (C=O) groups excluding carboxylic acids is 1. The van der Waals surface area contributed by atoms with Gasteiger partial charge in [0.2, 0.25) is 0 Å². The molecule has 178 valence electrons. The number of ether oxygens (including phenoxy) is 1. The van der Waals surface area contributed by atoms with E-state index < -0.39 is 23.4 Å². The molecule has 0 spiro atoms. The second kappa shape index (κ2) is 9.59. The Hall–Kier alpha value is -2.18. The minimum atomic E-state index is -4.39. The van der Waals surface area contributed by atoms with Gasteiger partial charge in [-0.2, -0.15) is 13.2 Å². The summed E-state index contributed by atoms with van der Waals surface area (Å²) in [6, 6.07) is 14.1. The lowest BCUT2D eigenvalue weighted by molar-refractivity contribution is -0.137. The molecule has 2 aromatic carbocycles. The SMILES string of the molecule is Cc1cc([C@@H](C)OC[C@@]2(c3ccccc3)CCC(C(=O)CC3CC3)CN2)cc(C(F)(F)F)c1. The van der Waals surface area contributed by atoms with E-state index in [-0.39, 0.29) is 5.92 Å². The highest BCUT2D eigenvalue weighted by atomic mass is 19.4. The molecule has 6 heteroatoms. The number of alkyl halides is 3. The monoisotopic (exact) mass is 459 g/mol. The van der Waals surface area contributed by atoms with Crippen LogP contribution >= 0.6 is 0 Å². The summed E-state index contributed by atoms with van der Waals surface area (Å²) in [6.07, 6.45) is -0.338. The van der Waals surface area contributed by atoms with E-state index in [2.05, 4.69) is 5.32 Å². The summed E-state index contributed by atoms with van der Waals surface area (Å²) in [5.41, 5.74) is 1.02. The van der Waals surface area contributed by atoms with Gasteiger partial charge in [0.1, 0.15) is 5.78 Å². The molecule has 0 aromatic heterocycles. The van der Waals surface area contributed by atoms with Crippen LogP contribution in [-0.2, 0) is 21.2 Å². The number of hydrogen-bond donors (Lipinski definition) is 1. The van der Waals surface area contributed by atoms with E-state index in [0.717, 1.165) is 24.5 Å². The number of aryl methyl sites for hydroxylation is 1. The van der Waals surface area contributed by atoms with E-state index in [1.54, 1.807) is 19.9 Å². The van der Waals surface area contributed by atoms with Gasteiger partial charge in [-0.1, -0.05) is 42.0 Å². The quantitative estimate of drug-likeness (QED) is 0.500. The Morgan fingerprint density at radius 1 is 1.15 bits per heavy atom. The van der Waals surface area contributed by atoms with Crippen molar-refractivity contribution in [1.29, 1.82) is 0 Å². The molecule has 1 N–H and O–H groups in total. The van der Waals surface area contributed by atoms with Crippen LogP contribution < -0.4 is 5.32 Å². The van der Waals surface area contributed by atoms with Crippen LogP contribution in [0.5, 0.6) is 0 Å². The normalized spacial score (nSPS) is 24.5. The number of piperidine rings is 1. The van der Waals surface area contributed by atoms with Crippen LogP contribution in [0, 0.1) is 18.8 Å². The Morgan fingerprint density at radius 3 is 2.48 bits per heavy atom. The molecule has 3 atom stereocenters. The average molecular weight is 460 g/mol. The third-order valence-electron chi connectivity index (χ3n) is 7.05. The van der Waals surface area contributed by atoms with Crippen molar-refractivity contribution in [1.82, 2.24) is 5.32 Å². The minimum Gasteiger partial charge on any atom is -0.372 e. The molecule has 1 heterocycles. The molecule has 1 unspecified atom stereocenters. The van der Waals surface area contributed by atoms with Gasteiger partial charge >= 0.3 is 6.18 Å². The number of carbonyl (C=O) groups is 1. The average Bonchev–Trinajstić information content (AvgIpc) is 3.61. The van der Waals surface area contributed by atoms with Gasteiger partial charge in [0, 0.05) is 18.9 Å². The van der Waals surface area contributed by atoms with Gasteiger partial charge < -0.3 is 10.1 Å². The van der Waals surface area contributed by atoms with Crippen molar-refractivity contribution in [2.75, 3.05) is 13.2 Å². The molecule has 0 amide bonds. The zero-order valence-electron chi connectivity index (χ0n) is 19.3. The summed E-state index contributed by atoms with van der Waals surface area (Å²) in [5, 5.41) is 3.60. The maximum Gasteiger partial charge on any atom is 0.416 e. The first-order valence-electron chi connectivity index (χ1n) is 11.8. The van der Waals surface area contributed by atoms with E-state index in [9.17, 15) is 18.0 Å². The topological polar surface area (TPSA) is 38.3 Å². The lowest BCUT2D eigenvalue weighted by atomic mass is 9.78. The second-order valence-corrected chi connectivity index (χ2v) is 9.76. The van der Waals surface area contributed by atoms with Crippen LogP contribution in [0.1, 0.15) is 67.4 Å². The molecular formula is C27H32F3NO2. The fourth-order valence-corrected chi connectivity index (χ4v) is 4.76. The summed E-state index contributed by atoms with van der Waals surface area (Å²) in [7, 11) is 0. The van der Waals surface area contributed by atoms with Gasteiger partial charge in [0.25, 0.3) is 0 Å². The van der Waals surface area contributed by atoms with Gasteiger partial charge in [-0.05, 0) is 68.7 Å². The van der Waals surface area contributed by atoms with E-state index >= 15 is 0 Å². The molecule has 33 heavy (non-hydrogen) atoms. The maximum absolute atomic E-state index is 13.3. The summed E-state index contributed by atoms with van der Waals surface area (Å²) in [4.78, 5) is 12.6. The van der Waals surface area contributed by atoms with E-state index in [0.29, 0.717) is 42.4 Å². The summed E-state index contributed by atoms with van der Waals surface area (Å²) in [5.74, 6) is 0.949. The number of benzene rings is 2. The standard InChI is InChI=1S/C27H32F3NO2/c1-18-12-22(15-24(13-18)27(28,29)30)19(2)33-17-26(23-6-4-3-5-7-23)11-10-21(16-31-26)25(32)14-20-8-9-20/h3-7,12-13,15,19-21,31H,8-11,14,16-17H2,1-2H3/t19-,21?,26-/m1/s1. The highest BCUT2D eigenvalue weighted by Gasteiger charge is 2.40. The van der Waals surface area contributed by atoms with Gasteiger partial charge in [-0.25, -0.2) is 0 Å². The lowest BCUT2D eigenvalue weighted by Crippen LogP contribution is -2.53. The minimum absolute atomic E-state index is 0.0194. The number of hydrogen-bond acceptors (Lipinski definition) is 3. The molecule has 0 bridgehead atoms. The third-order valence-corrected chi connectivity index (χ3v) is 7.05. The van der Waals surface area contributed by atoms with Crippen LogP contribution in [0.2, 0.25) is 0 Å². The van der Waals surface area contributed by atoms with Crippen LogP contribution in [0.3, 0.4) is 0 Å². The molecule has 3 nitrogen and oxygen atoms in total. The predicted octanol–water partition coefficient (Wildman–Crippen LogP) is 6.36. The molecule has 1 saturated heterocycles. The van der Waals surface area contributed by atoms with Crippen molar-refractivity contribution in [3.05, 3.63) is 70.8 Å². The number of Topliss-reactive ketones (excluding diaryl/α,β-unsaturated/α-hetero) is 1. The fraction of sp³-hybridized carbons (Fsp3) is 0.519. The highest BCUT2D eigenvalue weighted by molar-refractivity contribution is 5.81. The van der Waals surface area contributed by atoms with Crippen molar-refractivity contribution in [3.8, 4) is 0 Å². The first-order chi connectivity index (χ1) is 15.7. The van der Waals surface area contributed by atoms with E-state index in [4.69, 9.17) is 4.74 Å². The van der Waals surface area contributed by atoms with Gasteiger partial charge in [0.15, 0.2) is 0 Å². The first-order valence-corrected chi connectivity index (χ1v) is 11.8. The molecule has 2 aliphatic rings. The second-order valence-electron chi connectivity index (χ2n) is 9.76. The summed E-state index contributed by atoms with van der Waals surface area (Å²) in [6.45, 7) is 4.37. The Bertz CT molecular complexity index is 961. The highest BCUT2D eigenvalue weighted by Crippen LogP contribution is 2.38. The van der Waals surface area contributed by atoms with Crippen molar-refractivity contribution in [2.24, 2.45) is 11.8 Å². The van der Waals surface area contributed by atoms with Crippen LogP contribution in [0.4, 0.5) is 13.2 Å². The van der Waals surface area contributed by atoms with Crippen LogP contribution in [-0.4, -0.2) is 18.9 Å². The molecule has 2 fully saturated rings. The third kappa shape index (κ3) is 5.85. The predicted molar refractivity (Wildman–Crippen MR) is 122 cm³/mol. The zero-order chi connectivity index (χ0) is 23.6. The Balaban J connectivity index is 1.48. The molecule has 1 aliphatic heterocycles. The van der Waals surface area contributed by atoms with Gasteiger partial charge in [0.05, 0.1) is 23.8 Å². The lowest BCUT2D eigenvalue weighted by Gasteiger charge is -2.42. The van der Waals surface area contributed by atoms with E-state index in [1.165, 1.54) is 18.9 Å². The number of halogens is 3. The first kappa shape index (κ1) is 24.0. The maximum atomic E-state index is 13.3. The molecular weight excluding hydrogens is 427 g/mol. The Morgan fingerprint density at radius 2 is 1.88 bits per heavy atom. The Labute approximate surface area is 193 Å². The Kier molecular flexibility index (Phi) is 6.96. The molecule has 0 radical (unpaired) electrons. The van der Waals surface area contributed by atoms with E-state index in [1.807, 2.05) is 30.3 Å². The number of nitrogens with one attached hydrogen (secondary N) is 1. The smallest absolute Gasteiger partial charge is 0.372 e. The van der Waals surface area contributed by atoms with Gasteiger partial charge in [-0.15, -0.1) is 0 Å². The van der Waals surface area contributed by atoms with Crippen LogP contribution in [0.15, 0.2) is 48.5 Å². The summed E-state index contributed by atoms with van der Waals surface area (Å²) >= 11 is 0. The molecule has 1 saturated carbocycles. The van der Waals surface area contributed by atoms with Crippen molar-refractivity contribution in [2.45, 2.75) is 63.8 Å². The van der Waals surface area contributed by atoms with Crippen molar-refractivity contribution in [3.63, 3.8) is 0 Å². The zero-order valence-corrected chi connectivity index (χ0v) is 19.3.